The molecule has 0 aliphatic carbocycles. The summed E-state index contributed by atoms with van der Waals surface area (Å²) in [6.07, 6.45) is 0. The van der Waals surface area contributed by atoms with E-state index in [9.17, 15) is 4.79 Å². The van der Waals surface area contributed by atoms with Crippen LogP contribution in [0.25, 0.3) is 0 Å². The van der Waals surface area contributed by atoms with E-state index in [0.717, 1.165) is 24.5 Å². The van der Waals surface area contributed by atoms with E-state index in [1.165, 1.54) is 16.7 Å². The summed E-state index contributed by atoms with van der Waals surface area (Å²) in [5, 5.41) is 7.83. The first-order chi connectivity index (χ1) is 14.9. The number of amides is 1. The zero-order chi connectivity index (χ0) is 22.4. The highest BCUT2D eigenvalue weighted by Gasteiger charge is 2.22. The van der Waals surface area contributed by atoms with Crippen molar-refractivity contribution < 1.29 is 4.79 Å². The molecule has 0 spiro atoms. The van der Waals surface area contributed by atoms with Crippen LogP contribution in [-0.2, 0) is 6.54 Å². The summed E-state index contributed by atoms with van der Waals surface area (Å²) < 4.78 is 1.92. The fourth-order valence-electron chi connectivity index (χ4n) is 4.12. The van der Waals surface area contributed by atoms with Gasteiger partial charge in [-0.25, -0.2) is 0 Å². The predicted octanol–water partition coefficient (Wildman–Crippen LogP) is 4.67. The van der Waals surface area contributed by atoms with Gasteiger partial charge in [0.15, 0.2) is 0 Å². The van der Waals surface area contributed by atoms with Crippen molar-refractivity contribution in [1.82, 2.24) is 20.0 Å². The van der Waals surface area contributed by atoms with Gasteiger partial charge in [0, 0.05) is 12.2 Å². The number of aryl methyl sites for hydroxylation is 2. The molecule has 2 aromatic carbocycles. The predicted molar refractivity (Wildman–Crippen MR) is 126 cm³/mol. The Morgan fingerprint density at radius 3 is 2.26 bits per heavy atom. The van der Waals surface area contributed by atoms with Crippen molar-refractivity contribution >= 4 is 5.91 Å². The van der Waals surface area contributed by atoms with Gasteiger partial charge in [-0.1, -0.05) is 74.0 Å². The normalized spacial score (nSPS) is 12.2. The molecule has 31 heavy (non-hydrogen) atoms. The molecule has 1 amide bonds. The number of benzene rings is 2. The van der Waals surface area contributed by atoms with Crippen LogP contribution >= 0.6 is 0 Å². The van der Waals surface area contributed by atoms with Crippen LogP contribution in [0, 0.1) is 20.8 Å². The highest BCUT2D eigenvalue weighted by Crippen LogP contribution is 2.21. The number of carbonyl (C=O) groups is 1. The Morgan fingerprint density at radius 1 is 1.00 bits per heavy atom. The highest BCUT2D eigenvalue weighted by atomic mass is 16.1. The minimum absolute atomic E-state index is 0.0572. The van der Waals surface area contributed by atoms with Crippen molar-refractivity contribution in [2.45, 2.75) is 47.2 Å². The largest absolute Gasteiger partial charge is 0.350 e. The molecule has 1 aromatic heterocycles. The summed E-state index contributed by atoms with van der Waals surface area (Å²) in [6, 6.07) is 19.0. The second-order valence-electron chi connectivity index (χ2n) is 8.05. The lowest BCUT2D eigenvalue weighted by Crippen LogP contribution is -2.38. The van der Waals surface area contributed by atoms with Gasteiger partial charge in [-0.3, -0.25) is 14.4 Å². The van der Waals surface area contributed by atoms with Gasteiger partial charge in [0.05, 0.1) is 23.8 Å². The minimum atomic E-state index is -0.0572. The quantitative estimate of drug-likeness (QED) is 0.549. The Labute approximate surface area is 186 Å². The molecule has 0 aliphatic rings. The molecular weight excluding hydrogens is 384 g/mol. The third-order valence-electron chi connectivity index (χ3n) is 5.95. The molecule has 3 rings (SSSR count). The van der Waals surface area contributed by atoms with Gasteiger partial charge in [0.1, 0.15) is 0 Å². The van der Waals surface area contributed by atoms with E-state index in [4.69, 9.17) is 0 Å². The maximum atomic E-state index is 13.1. The molecule has 0 radical (unpaired) electrons. The first kappa shape index (κ1) is 22.8. The Bertz CT molecular complexity index is 988. The van der Waals surface area contributed by atoms with Gasteiger partial charge in [-0.05, 0) is 45.0 Å². The summed E-state index contributed by atoms with van der Waals surface area (Å²) in [5.41, 5.74) is 5.97. The topological polar surface area (TPSA) is 50.2 Å². The van der Waals surface area contributed by atoms with E-state index in [0.29, 0.717) is 18.7 Å². The maximum absolute atomic E-state index is 13.1. The molecular formula is C26H34N4O. The van der Waals surface area contributed by atoms with Gasteiger partial charge in [-0.15, -0.1) is 0 Å². The molecule has 1 heterocycles. The number of hydrogen-bond donors (Lipinski definition) is 1. The maximum Gasteiger partial charge on any atom is 0.255 e. The summed E-state index contributed by atoms with van der Waals surface area (Å²) in [7, 11) is 0. The number of rotatable bonds is 9. The van der Waals surface area contributed by atoms with Crippen LogP contribution < -0.4 is 5.32 Å². The van der Waals surface area contributed by atoms with E-state index in [2.05, 4.69) is 84.6 Å². The molecule has 0 fully saturated rings. The van der Waals surface area contributed by atoms with E-state index in [1.807, 2.05) is 24.6 Å². The molecule has 0 saturated carbocycles. The fraction of sp³-hybridized carbons (Fsp3) is 0.385. The SMILES string of the molecule is CCN(CC)[C@H](CNC(=O)c1c(C)nn(Cc2ccc(C)cc2)c1C)c1ccccc1. The van der Waals surface area contributed by atoms with Crippen LogP contribution in [0.4, 0.5) is 0 Å². The highest BCUT2D eigenvalue weighted by molar-refractivity contribution is 5.96. The molecule has 0 unspecified atom stereocenters. The van der Waals surface area contributed by atoms with Gasteiger partial charge < -0.3 is 5.32 Å². The Balaban J connectivity index is 1.76. The molecule has 0 bridgehead atoms. The van der Waals surface area contributed by atoms with Crippen molar-refractivity contribution in [2.24, 2.45) is 0 Å². The van der Waals surface area contributed by atoms with E-state index in [1.54, 1.807) is 0 Å². The zero-order valence-electron chi connectivity index (χ0n) is 19.4. The summed E-state index contributed by atoms with van der Waals surface area (Å²) in [6.45, 7) is 13.4. The first-order valence-corrected chi connectivity index (χ1v) is 11.1. The average Bonchev–Trinajstić information content (AvgIpc) is 3.06. The fourth-order valence-corrected chi connectivity index (χ4v) is 4.12. The molecule has 3 aromatic rings. The average molecular weight is 419 g/mol. The Hall–Kier alpha value is -2.92. The standard InChI is InChI=1S/C26H34N4O/c1-6-29(7-2)24(23-11-9-8-10-12-23)17-27-26(31)25-20(4)28-30(21(25)5)18-22-15-13-19(3)14-16-22/h8-16,24H,6-7,17-18H2,1-5H3,(H,27,31)/t24-/m1/s1. The van der Waals surface area contributed by atoms with Crippen LogP contribution in [0.5, 0.6) is 0 Å². The Kier molecular flexibility index (Phi) is 7.64. The van der Waals surface area contributed by atoms with E-state index >= 15 is 0 Å². The van der Waals surface area contributed by atoms with Crippen molar-refractivity contribution in [3.05, 3.63) is 88.2 Å². The van der Waals surface area contributed by atoms with Crippen LogP contribution in [0.2, 0.25) is 0 Å². The zero-order valence-corrected chi connectivity index (χ0v) is 19.4. The summed E-state index contributed by atoms with van der Waals surface area (Å²) in [5.74, 6) is -0.0572. The third kappa shape index (κ3) is 5.42. The second-order valence-corrected chi connectivity index (χ2v) is 8.05. The lowest BCUT2D eigenvalue weighted by Gasteiger charge is -2.30. The molecule has 1 N–H and O–H groups in total. The minimum Gasteiger partial charge on any atom is -0.350 e. The van der Waals surface area contributed by atoms with Gasteiger partial charge >= 0.3 is 0 Å². The van der Waals surface area contributed by atoms with Crippen LogP contribution in [0.1, 0.15) is 58.3 Å². The summed E-state index contributed by atoms with van der Waals surface area (Å²) >= 11 is 0. The Morgan fingerprint density at radius 2 is 1.65 bits per heavy atom. The smallest absolute Gasteiger partial charge is 0.255 e. The van der Waals surface area contributed by atoms with E-state index in [-0.39, 0.29) is 11.9 Å². The molecule has 5 heteroatoms. The van der Waals surface area contributed by atoms with E-state index < -0.39 is 0 Å². The van der Waals surface area contributed by atoms with Gasteiger partial charge in [-0.2, -0.15) is 5.10 Å². The van der Waals surface area contributed by atoms with Gasteiger partial charge in [0.2, 0.25) is 0 Å². The number of aromatic nitrogens is 2. The van der Waals surface area contributed by atoms with Crippen LogP contribution in [-0.4, -0.2) is 40.2 Å². The number of nitrogens with one attached hydrogen (secondary N) is 1. The molecule has 0 saturated heterocycles. The number of nitrogens with zero attached hydrogens (tertiary/aromatic N) is 3. The lowest BCUT2D eigenvalue weighted by atomic mass is 10.0. The van der Waals surface area contributed by atoms with Crippen molar-refractivity contribution in [3.63, 3.8) is 0 Å². The first-order valence-electron chi connectivity index (χ1n) is 11.1. The third-order valence-corrected chi connectivity index (χ3v) is 5.95. The molecule has 164 valence electrons. The number of likely N-dealkylation sites (N-methyl/N-ethyl adjacent to an activating group) is 1. The molecule has 0 aliphatic heterocycles. The molecule has 5 nitrogen and oxygen atoms in total. The second kappa shape index (κ2) is 10.4. The summed E-state index contributed by atoms with van der Waals surface area (Å²) in [4.78, 5) is 15.5. The van der Waals surface area contributed by atoms with Gasteiger partial charge in [0.25, 0.3) is 5.91 Å². The van der Waals surface area contributed by atoms with Crippen LogP contribution in [0.3, 0.4) is 0 Å². The molecule has 1 atom stereocenters. The number of carbonyl (C=O) groups excluding carboxylic acids is 1. The van der Waals surface area contributed by atoms with Crippen molar-refractivity contribution in [2.75, 3.05) is 19.6 Å². The lowest BCUT2D eigenvalue weighted by molar-refractivity contribution is 0.0933. The monoisotopic (exact) mass is 418 g/mol. The van der Waals surface area contributed by atoms with Crippen molar-refractivity contribution in [3.8, 4) is 0 Å². The number of hydrogen-bond acceptors (Lipinski definition) is 3. The van der Waals surface area contributed by atoms with Crippen molar-refractivity contribution in [1.29, 1.82) is 0 Å². The van der Waals surface area contributed by atoms with Crippen LogP contribution in [0.15, 0.2) is 54.6 Å².